The van der Waals surface area contributed by atoms with E-state index in [4.69, 9.17) is 4.42 Å². The van der Waals surface area contributed by atoms with Gasteiger partial charge in [-0.25, -0.2) is 4.98 Å². The first-order chi connectivity index (χ1) is 13.6. The van der Waals surface area contributed by atoms with Crippen LogP contribution in [0, 0.1) is 0 Å². The van der Waals surface area contributed by atoms with Crippen LogP contribution in [-0.4, -0.2) is 33.2 Å². The maximum atomic E-state index is 12.9. The molecule has 3 aromatic rings. The van der Waals surface area contributed by atoms with Crippen molar-refractivity contribution in [1.29, 1.82) is 0 Å². The highest BCUT2D eigenvalue weighted by molar-refractivity contribution is 5.94. The second-order valence-corrected chi connectivity index (χ2v) is 6.78. The average Bonchev–Trinajstić information content (AvgIpc) is 3.26. The van der Waals surface area contributed by atoms with Gasteiger partial charge in [-0.15, -0.1) is 0 Å². The molecule has 1 aliphatic rings. The summed E-state index contributed by atoms with van der Waals surface area (Å²) in [6.07, 6.45) is 5.53. The second-order valence-electron chi connectivity index (χ2n) is 6.78. The largest absolute Gasteiger partial charge is 0.444 e. The van der Waals surface area contributed by atoms with Gasteiger partial charge in [0, 0.05) is 56.0 Å². The highest BCUT2D eigenvalue weighted by Crippen LogP contribution is 2.22. The van der Waals surface area contributed by atoms with Crippen molar-refractivity contribution in [3.63, 3.8) is 0 Å². The normalized spacial score (nSPS) is 13.1. The lowest BCUT2D eigenvalue weighted by Crippen LogP contribution is -2.36. The number of benzene rings is 1. The lowest BCUT2D eigenvalue weighted by Gasteiger charge is -2.28. The molecule has 0 saturated carbocycles. The Morgan fingerprint density at radius 1 is 1.21 bits per heavy atom. The number of pyridine rings is 1. The number of carbonyl (C=O) groups is 2. The molecule has 0 radical (unpaired) electrons. The van der Waals surface area contributed by atoms with Crippen LogP contribution in [0.2, 0.25) is 0 Å². The van der Waals surface area contributed by atoms with Gasteiger partial charge in [0.1, 0.15) is 0 Å². The Bertz CT molecular complexity index is 997. The molecule has 7 nitrogen and oxygen atoms in total. The fourth-order valence-electron chi connectivity index (χ4n) is 3.29. The number of amides is 2. The minimum atomic E-state index is -0.0803. The summed E-state index contributed by atoms with van der Waals surface area (Å²) in [7, 11) is 0. The third kappa shape index (κ3) is 3.78. The molecule has 1 aliphatic heterocycles. The zero-order chi connectivity index (χ0) is 19.5. The van der Waals surface area contributed by atoms with Crippen molar-refractivity contribution in [3.8, 4) is 11.3 Å². The van der Waals surface area contributed by atoms with Crippen LogP contribution in [-0.2, 0) is 24.3 Å². The molecule has 0 aliphatic carbocycles. The van der Waals surface area contributed by atoms with Crippen LogP contribution in [0.15, 0.2) is 53.5 Å². The third-order valence-electron chi connectivity index (χ3n) is 4.77. The Morgan fingerprint density at radius 2 is 2.04 bits per heavy atom. The third-order valence-corrected chi connectivity index (χ3v) is 4.77. The molecule has 0 spiro atoms. The van der Waals surface area contributed by atoms with Crippen LogP contribution in [0.25, 0.3) is 11.3 Å². The molecule has 0 atom stereocenters. The van der Waals surface area contributed by atoms with E-state index in [1.54, 1.807) is 24.5 Å². The van der Waals surface area contributed by atoms with Gasteiger partial charge >= 0.3 is 0 Å². The summed E-state index contributed by atoms with van der Waals surface area (Å²) in [5.41, 5.74) is 4.48. The summed E-state index contributed by atoms with van der Waals surface area (Å²) < 4.78 is 5.28. The van der Waals surface area contributed by atoms with E-state index in [0.717, 1.165) is 28.8 Å². The van der Waals surface area contributed by atoms with E-state index in [2.05, 4.69) is 15.3 Å². The standard InChI is InChI=1S/C21H20N4O3/c1-14(26)23-9-15-8-18-12-25(7-6-19(18)24-10-15)21(27)17-4-2-16(3-5-17)20-11-22-13-28-20/h2-5,8,10-11,13H,6-7,9,12H2,1H3,(H,23,26). The molecule has 1 N–H and O–H groups in total. The summed E-state index contributed by atoms with van der Waals surface area (Å²) in [4.78, 5) is 34.3. The predicted octanol–water partition coefficient (Wildman–Crippen LogP) is 2.57. The fourth-order valence-corrected chi connectivity index (χ4v) is 3.29. The molecular formula is C21H20N4O3. The zero-order valence-electron chi connectivity index (χ0n) is 15.5. The van der Waals surface area contributed by atoms with Crippen molar-refractivity contribution in [1.82, 2.24) is 20.2 Å². The van der Waals surface area contributed by atoms with Crippen LogP contribution >= 0.6 is 0 Å². The lowest BCUT2D eigenvalue weighted by atomic mass is 10.0. The van der Waals surface area contributed by atoms with Crippen molar-refractivity contribution < 1.29 is 14.0 Å². The molecule has 1 aromatic carbocycles. The second kappa shape index (κ2) is 7.64. The fraction of sp³-hybridized carbons (Fsp3) is 0.238. The van der Waals surface area contributed by atoms with E-state index in [1.807, 2.05) is 23.1 Å². The van der Waals surface area contributed by atoms with Crippen molar-refractivity contribution in [2.24, 2.45) is 0 Å². The van der Waals surface area contributed by atoms with Gasteiger partial charge < -0.3 is 14.6 Å². The average molecular weight is 376 g/mol. The van der Waals surface area contributed by atoms with Crippen LogP contribution < -0.4 is 5.32 Å². The monoisotopic (exact) mass is 376 g/mol. The van der Waals surface area contributed by atoms with Crippen LogP contribution in [0.4, 0.5) is 0 Å². The Labute approximate surface area is 162 Å². The lowest BCUT2D eigenvalue weighted by molar-refractivity contribution is -0.119. The maximum absolute atomic E-state index is 12.9. The van der Waals surface area contributed by atoms with Gasteiger partial charge in [-0.2, -0.15) is 0 Å². The molecule has 2 amide bonds. The van der Waals surface area contributed by atoms with Crippen molar-refractivity contribution in [2.45, 2.75) is 26.4 Å². The topological polar surface area (TPSA) is 88.3 Å². The van der Waals surface area contributed by atoms with E-state index in [-0.39, 0.29) is 11.8 Å². The van der Waals surface area contributed by atoms with E-state index in [1.165, 1.54) is 13.3 Å². The summed E-state index contributed by atoms with van der Waals surface area (Å²) in [6.45, 7) is 3.07. The Morgan fingerprint density at radius 3 is 2.75 bits per heavy atom. The molecule has 7 heteroatoms. The number of fused-ring (bicyclic) bond motifs is 1. The minimum Gasteiger partial charge on any atom is -0.444 e. The number of carbonyl (C=O) groups excluding carboxylic acids is 2. The Balaban J connectivity index is 1.48. The molecule has 0 saturated heterocycles. The first-order valence-corrected chi connectivity index (χ1v) is 9.09. The van der Waals surface area contributed by atoms with Gasteiger partial charge in [-0.05, 0) is 29.3 Å². The molecule has 3 heterocycles. The SMILES string of the molecule is CC(=O)NCc1cnc2c(c1)CN(C(=O)c1ccc(-c3cnco3)cc1)CC2. The molecule has 0 bridgehead atoms. The highest BCUT2D eigenvalue weighted by atomic mass is 16.3. The number of hydrogen-bond donors (Lipinski definition) is 1. The molecule has 4 rings (SSSR count). The van der Waals surface area contributed by atoms with Crippen molar-refractivity contribution >= 4 is 11.8 Å². The molecule has 2 aromatic heterocycles. The van der Waals surface area contributed by atoms with Gasteiger partial charge in [-0.3, -0.25) is 14.6 Å². The van der Waals surface area contributed by atoms with Gasteiger partial charge in [0.2, 0.25) is 5.91 Å². The van der Waals surface area contributed by atoms with Crippen molar-refractivity contribution in [3.05, 3.63) is 71.5 Å². The van der Waals surface area contributed by atoms with Crippen LogP contribution in [0.3, 0.4) is 0 Å². The van der Waals surface area contributed by atoms with Gasteiger partial charge in [0.05, 0.1) is 6.20 Å². The molecule has 0 unspecified atom stereocenters. The summed E-state index contributed by atoms with van der Waals surface area (Å²) >= 11 is 0. The van der Waals surface area contributed by atoms with E-state index >= 15 is 0 Å². The number of rotatable bonds is 4. The van der Waals surface area contributed by atoms with E-state index in [9.17, 15) is 9.59 Å². The van der Waals surface area contributed by atoms with Crippen LogP contribution in [0.5, 0.6) is 0 Å². The van der Waals surface area contributed by atoms with Gasteiger partial charge in [-0.1, -0.05) is 12.1 Å². The minimum absolute atomic E-state index is 0.0120. The molecule has 0 fully saturated rings. The first-order valence-electron chi connectivity index (χ1n) is 9.09. The highest BCUT2D eigenvalue weighted by Gasteiger charge is 2.23. The first kappa shape index (κ1) is 17.9. The number of nitrogens with one attached hydrogen (secondary N) is 1. The quantitative estimate of drug-likeness (QED) is 0.756. The molecule has 142 valence electrons. The molecule has 28 heavy (non-hydrogen) atoms. The van der Waals surface area contributed by atoms with E-state index < -0.39 is 0 Å². The number of hydrogen-bond acceptors (Lipinski definition) is 5. The maximum Gasteiger partial charge on any atom is 0.254 e. The Hall–Kier alpha value is -3.48. The smallest absolute Gasteiger partial charge is 0.254 e. The van der Waals surface area contributed by atoms with E-state index in [0.29, 0.717) is 31.0 Å². The molecular weight excluding hydrogens is 356 g/mol. The van der Waals surface area contributed by atoms with Gasteiger partial charge in [0.15, 0.2) is 12.2 Å². The van der Waals surface area contributed by atoms with Crippen molar-refractivity contribution in [2.75, 3.05) is 6.54 Å². The zero-order valence-corrected chi connectivity index (χ0v) is 15.5. The summed E-state index contributed by atoms with van der Waals surface area (Å²) in [5.74, 6) is 0.578. The number of oxazole rings is 1. The van der Waals surface area contributed by atoms with Crippen LogP contribution in [0.1, 0.15) is 34.1 Å². The summed E-state index contributed by atoms with van der Waals surface area (Å²) in [5, 5.41) is 2.77. The number of nitrogens with zero attached hydrogens (tertiary/aromatic N) is 3. The summed E-state index contributed by atoms with van der Waals surface area (Å²) in [6, 6.07) is 9.35. The Kier molecular flexibility index (Phi) is 4.89. The van der Waals surface area contributed by atoms with Gasteiger partial charge in [0.25, 0.3) is 5.91 Å². The predicted molar refractivity (Wildman–Crippen MR) is 102 cm³/mol. The number of aromatic nitrogens is 2.